The largest absolute Gasteiger partial charge is 0.444 e. The highest BCUT2D eigenvalue weighted by molar-refractivity contribution is 5.68. The molecule has 25 heavy (non-hydrogen) atoms. The summed E-state index contributed by atoms with van der Waals surface area (Å²) in [5, 5.41) is 13.6. The first-order valence-corrected chi connectivity index (χ1v) is 8.73. The highest BCUT2D eigenvalue weighted by atomic mass is 16.6. The van der Waals surface area contributed by atoms with E-state index in [1.807, 2.05) is 34.6 Å². The van der Waals surface area contributed by atoms with E-state index in [1.54, 1.807) is 12.1 Å². The zero-order valence-corrected chi connectivity index (χ0v) is 15.7. The van der Waals surface area contributed by atoms with Crippen molar-refractivity contribution in [3.8, 4) is 0 Å². The molecule has 0 unspecified atom stereocenters. The fourth-order valence-corrected chi connectivity index (χ4v) is 2.54. The molecule has 1 aromatic carbocycles. The van der Waals surface area contributed by atoms with Crippen molar-refractivity contribution in [1.82, 2.24) is 5.32 Å². The number of anilines is 1. The quantitative estimate of drug-likeness (QED) is 0.654. The third-order valence-corrected chi connectivity index (χ3v) is 3.64. The van der Waals surface area contributed by atoms with Crippen LogP contribution in [0.25, 0.3) is 0 Å². The highest BCUT2D eigenvalue weighted by Gasteiger charge is 2.23. The molecule has 1 N–H and O–H groups in total. The zero-order chi connectivity index (χ0) is 19.0. The van der Waals surface area contributed by atoms with E-state index in [2.05, 4.69) is 10.2 Å². The normalized spacial score (nSPS) is 15.0. The van der Waals surface area contributed by atoms with Gasteiger partial charge in [0.05, 0.1) is 4.92 Å². The van der Waals surface area contributed by atoms with Crippen molar-refractivity contribution in [3.05, 3.63) is 34.4 Å². The number of nitrogens with one attached hydrogen (secondary N) is 1. The topological polar surface area (TPSA) is 84.7 Å². The maximum absolute atomic E-state index is 11.8. The lowest BCUT2D eigenvalue weighted by Crippen LogP contribution is -2.46. The van der Waals surface area contributed by atoms with E-state index in [-0.39, 0.29) is 17.8 Å². The SMILES string of the molecule is CC.CC(C)(C)OC(=O)NC1CCN(c2ccc([N+](=O)[O-])cc2)CC1. The van der Waals surface area contributed by atoms with Crippen LogP contribution in [0, 0.1) is 10.1 Å². The first-order valence-electron chi connectivity index (χ1n) is 8.73. The zero-order valence-electron chi connectivity index (χ0n) is 15.7. The molecular formula is C18H29N3O4. The van der Waals surface area contributed by atoms with Crippen LogP contribution < -0.4 is 10.2 Å². The Hall–Kier alpha value is -2.31. The molecule has 1 aliphatic rings. The van der Waals surface area contributed by atoms with E-state index >= 15 is 0 Å². The third kappa shape index (κ3) is 6.99. The number of nitro groups is 1. The Morgan fingerprint density at radius 3 is 2.16 bits per heavy atom. The summed E-state index contributed by atoms with van der Waals surface area (Å²) in [6.07, 6.45) is 1.25. The molecule has 0 saturated carbocycles. The van der Waals surface area contributed by atoms with Gasteiger partial charge in [0, 0.05) is 37.0 Å². The van der Waals surface area contributed by atoms with Crippen LogP contribution in [0.5, 0.6) is 0 Å². The van der Waals surface area contributed by atoms with Crippen molar-refractivity contribution in [1.29, 1.82) is 0 Å². The number of carbonyl (C=O) groups excluding carboxylic acids is 1. The van der Waals surface area contributed by atoms with Crippen LogP contribution in [0.3, 0.4) is 0 Å². The molecule has 1 saturated heterocycles. The number of non-ortho nitro benzene ring substituents is 1. The summed E-state index contributed by atoms with van der Waals surface area (Å²) in [5.41, 5.74) is 0.561. The summed E-state index contributed by atoms with van der Waals surface area (Å²) < 4.78 is 5.26. The van der Waals surface area contributed by atoms with Gasteiger partial charge in [-0.05, 0) is 45.7 Å². The molecule has 0 spiro atoms. The van der Waals surface area contributed by atoms with Crippen molar-refractivity contribution in [2.75, 3.05) is 18.0 Å². The predicted molar refractivity (Wildman–Crippen MR) is 99.0 cm³/mol. The van der Waals surface area contributed by atoms with Gasteiger partial charge in [0.1, 0.15) is 5.60 Å². The van der Waals surface area contributed by atoms with Gasteiger partial charge >= 0.3 is 6.09 Å². The lowest BCUT2D eigenvalue weighted by Gasteiger charge is -2.34. The molecule has 1 aliphatic heterocycles. The van der Waals surface area contributed by atoms with Gasteiger partial charge in [0.25, 0.3) is 5.69 Å². The minimum absolute atomic E-state index is 0.0928. The van der Waals surface area contributed by atoms with Crippen LogP contribution >= 0.6 is 0 Å². The Morgan fingerprint density at radius 1 is 1.20 bits per heavy atom. The molecule has 140 valence electrons. The molecule has 2 rings (SSSR count). The second-order valence-electron chi connectivity index (χ2n) is 6.68. The first-order chi connectivity index (χ1) is 11.7. The molecule has 1 heterocycles. The van der Waals surface area contributed by atoms with E-state index < -0.39 is 10.5 Å². The Labute approximate surface area is 149 Å². The number of amides is 1. The van der Waals surface area contributed by atoms with Crippen LogP contribution in [0.15, 0.2) is 24.3 Å². The third-order valence-electron chi connectivity index (χ3n) is 3.64. The van der Waals surface area contributed by atoms with Crippen molar-refractivity contribution in [2.45, 2.75) is 59.1 Å². The first kappa shape index (κ1) is 20.7. The molecule has 0 bridgehead atoms. The minimum atomic E-state index is -0.496. The number of nitro benzene ring substituents is 1. The van der Waals surface area contributed by atoms with Crippen LogP contribution in [-0.4, -0.2) is 35.7 Å². The van der Waals surface area contributed by atoms with E-state index in [4.69, 9.17) is 4.74 Å². The van der Waals surface area contributed by atoms with Gasteiger partial charge in [-0.1, -0.05) is 13.8 Å². The number of carbonyl (C=O) groups is 1. The molecule has 1 fully saturated rings. The number of hydrogen-bond donors (Lipinski definition) is 1. The van der Waals surface area contributed by atoms with E-state index in [0.717, 1.165) is 31.6 Å². The fourth-order valence-electron chi connectivity index (χ4n) is 2.54. The summed E-state index contributed by atoms with van der Waals surface area (Å²) >= 11 is 0. The van der Waals surface area contributed by atoms with Gasteiger partial charge in [-0.3, -0.25) is 10.1 Å². The number of alkyl carbamates (subject to hydrolysis) is 1. The highest BCUT2D eigenvalue weighted by Crippen LogP contribution is 2.23. The number of ether oxygens (including phenoxy) is 1. The monoisotopic (exact) mass is 351 g/mol. The molecule has 7 nitrogen and oxygen atoms in total. The second kappa shape index (κ2) is 9.25. The molecular weight excluding hydrogens is 322 g/mol. The lowest BCUT2D eigenvalue weighted by atomic mass is 10.0. The standard InChI is InChI=1S/C16H23N3O4.C2H6/c1-16(2,3)23-15(20)17-12-8-10-18(11-9-12)13-4-6-14(7-5-13)19(21)22;1-2/h4-7,12H,8-11H2,1-3H3,(H,17,20);1-2H3. The number of piperidine rings is 1. The van der Waals surface area contributed by atoms with Crippen molar-refractivity contribution in [3.63, 3.8) is 0 Å². The van der Waals surface area contributed by atoms with Gasteiger partial charge in [-0.2, -0.15) is 0 Å². The molecule has 7 heteroatoms. The van der Waals surface area contributed by atoms with Crippen LogP contribution in [0.2, 0.25) is 0 Å². The molecule has 0 aliphatic carbocycles. The Balaban J connectivity index is 0.00000151. The van der Waals surface area contributed by atoms with Crippen LogP contribution in [0.1, 0.15) is 47.5 Å². The Bertz CT molecular complexity index is 559. The summed E-state index contributed by atoms with van der Waals surface area (Å²) in [6, 6.07) is 6.65. The summed E-state index contributed by atoms with van der Waals surface area (Å²) in [7, 11) is 0. The van der Waals surface area contributed by atoms with E-state index in [0.29, 0.717) is 0 Å². The van der Waals surface area contributed by atoms with Crippen molar-refractivity contribution in [2.24, 2.45) is 0 Å². The number of benzene rings is 1. The van der Waals surface area contributed by atoms with Gasteiger partial charge in [-0.15, -0.1) is 0 Å². The Morgan fingerprint density at radius 2 is 1.72 bits per heavy atom. The van der Waals surface area contributed by atoms with E-state index in [1.165, 1.54) is 12.1 Å². The number of nitrogens with zero attached hydrogens (tertiary/aromatic N) is 2. The Kier molecular flexibility index (Phi) is 7.67. The number of hydrogen-bond acceptors (Lipinski definition) is 5. The molecule has 0 atom stereocenters. The maximum atomic E-state index is 11.8. The summed E-state index contributed by atoms with van der Waals surface area (Å²) in [5.74, 6) is 0. The summed E-state index contributed by atoms with van der Waals surface area (Å²) in [4.78, 5) is 24.2. The average Bonchev–Trinajstić information content (AvgIpc) is 2.56. The van der Waals surface area contributed by atoms with Gasteiger partial charge in [0.15, 0.2) is 0 Å². The van der Waals surface area contributed by atoms with Gasteiger partial charge < -0.3 is 15.0 Å². The molecule has 0 radical (unpaired) electrons. The molecule has 1 aromatic rings. The van der Waals surface area contributed by atoms with Crippen molar-refractivity contribution >= 4 is 17.5 Å². The smallest absolute Gasteiger partial charge is 0.407 e. The fraction of sp³-hybridized carbons (Fsp3) is 0.611. The summed E-state index contributed by atoms with van der Waals surface area (Å²) in [6.45, 7) is 11.1. The van der Waals surface area contributed by atoms with Crippen LogP contribution in [0.4, 0.5) is 16.2 Å². The predicted octanol–water partition coefficient (Wildman–Crippen LogP) is 4.11. The van der Waals surface area contributed by atoms with Gasteiger partial charge in [0.2, 0.25) is 0 Å². The number of rotatable bonds is 3. The second-order valence-corrected chi connectivity index (χ2v) is 6.68. The van der Waals surface area contributed by atoms with Crippen molar-refractivity contribution < 1.29 is 14.5 Å². The maximum Gasteiger partial charge on any atom is 0.407 e. The molecule has 0 aromatic heterocycles. The van der Waals surface area contributed by atoms with Gasteiger partial charge in [-0.25, -0.2) is 4.79 Å². The van der Waals surface area contributed by atoms with Crippen LogP contribution in [-0.2, 0) is 4.74 Å². The van der Waals surface area contributed by atoms with E-state index in [9.17, 15) is 14.9 Å². The minimum Gasteiger partial charge on any atom is -0.444 e. The molecule has 1 amide bonds. The average molecular weight is 351 g/mol. The lowest BCUT2D eigenvalue weighted by molar-refractivity contribution is -0.384.